The molecule has 0 aromatic carbocycles. The van der Waals surface area contributed by atoms with Gasteiger partial charge in [-0.25, -0.2) is 15.0 Å². The molecule has 2 heterocycles. The van der Waals surface area contributed by atoms with E-state index < -0.39 is 0 Å². The van der Waals surface area contributed by atoms with Crippen LogP contribution in [0.15, 0.2) is 47.0 Å². The van der Waals surface area contributed by atoms with E-state index in [9.17, 15) is 0 Å². The summed E-state index contributed by atoms with van der Waals surface area (Å²) in [7, 11) is 0. The van der Waals surface area contributed by atoms with Gasteiger partial charge in [0.05, 0.1) is 0 Å². The Labute approximate surface area is 105 Å². The molecule has 0 aliphatic rings. The highest BCUT2D eigenvalue weighted by Crippen LogP contribution is 2.21. The number of pyridine rings is 1. The van der Waals surface area contributed by atoms with Crippen LogP contribution in [-0.4, -0.2) is 21.5 Å². The van der Waals surface area contributed by atoms with Crippen molar-refractivity contribution in [2.75, 3.05) is 6.54 Å². The van der Waals surface area contributed by atoms with Crippen molar-refractivity contribution in [2.45, 2.75) is 23.7 Å². The topological polar surface area (TPSA) is 50.7 Å². The van der Waals surface area contributed by atoms with Gasteiger partial charge in [-0.05, 0) is 30.4 Å². The van der Waals surface area contributed by atoms with E-state index in [4.69, 9.17) is 0 Å². The van der Waals surface area contributed by atoms with Gasteiger partial charge in [0.25, 0.3) is 0 Å². The predicted octanol–water partition coefficient (Wildman–Crippen LogP) is 2.13. The predicted molar refractivity (Wildman–Crippen MR) is 67.8 cm³/mol. The minimum absolute atomic E-state index is 0.726. The van der Waals surface area contributed by atoms with Crippen LogP contribution in [0.1, 0.15) is 12.5 Å². The summed E-state index contributed by atoms with van der Waals surface area (Å²) in [5.74, 6) is 0. The van der Waals surface area contributed by atoms with E-state index in [1.54, 1.807) is 6.20 Å². The summed E-state index contributed by atoms with van der Waals surface area (Å²) in [6.45, 7) is 3.83. The molecule has 0 aliphatic carbocycles. The van der Waals surface area contributed by atoms with Crippen molar-refractivity contribution in [2.24, 2.45) is 0 Å². The Bertz CT molecular complexity index is 444. The molecule has 0 spiro atoms. The summed E-state index contributed by atoms with van der Waals surface area (Å²) in [5.41, 5.74) is 1.09. The molecule has 88 valence electrons. The van der Waals surface area contributed by atoms with Crippen molar-refractivity contribution >= 4 is 11.8 Å². The second-order valence-electron chi connectivity index (χ2n) is 3.42. The highest BCUT2D eigenvalue weighted by atomic mass is 32.2. The van der Waals surface area contributed by atoms with Crippen LogP contribution in [0, 0.1) is 0 Å². The molecule has 0 amide bonds. The van der Waals surface area contributed by atoms with E-state index in [1.807, 2.05) is 30.6 Å². The van der Waals surface area contributed by atoms with Crippen molar-refractivity contribution in [3.8, 4) is 0 Å². The molecule has 0 bridgehead atoms. The molecule has 0 saturated carbocycles. The molecular formula is C12H14N4S. The summed E-state index contributed by atoms with van der Waals surface area (Å²) < 4.78 is 0. The zero-order valence-corrected chi connectivity index (χ0v) is 10.4. The van der Waals surface area contributed by atoms with E-state index in [0.717, 1.165) is 28.8 Å². The smallest absolute Gasteiger partial charge is 0.193 e. The van der Waals surface area contributed by atoms with E-state index in [-0.39, 0.29) is 0 Å². The van der Waals surface area contributed by atoms with E-state index >= 15 is 0 Å². The SMILES string of the molecule is CCNCc1cnc(Sc2ccccn2)nc1. The summed E-state index contributed by atoms with van der Waals surface area (Å²) in [6.07, 6.45) is 5.46. The van der Waals surface area contributed by atoms with Gasteiger partial charge in [-0.1, -0.05) is 13.0 Å². The van der Waals surface area contributed by atoms with Gasteiger partial charge in [0.2, 0.25) is 0 Å². The Kier molecular flexibility index (Phi) is 4.46. The van der Waals surface area contributed by atoms with Crippen LogP contribution in [0.3, 0.4) is 0 Å². The lowest BCUT2D eigenvalue weighted by Crippen LogP contribution is -2.12. The lowest BCUT2D eigenvalue weighted by molar-refractivity contribution is 0.716. The van der Waals surface area contributed by atoms with Crippen LogP contribution in [0.2, 0.25) is 0 Å². The lowest BCUT2D eigenvalue weighted by Gasteiger charge is -2.02. The first-order chi connectivity index (χ1) is 8.38. The molecule has 5 heteroatoms. The average molecular weight is 246 g/mol. The third-order valence-electron chi connectivity index (χ3n) is 2.09. The Morgan fingerprint density at radius 3 is 2.65 bits per heavy atom. The van der Waals surface area contributed by atoms with Gasteiger partial charge in [-0.2, -0.15) is 0 Å². The molecule has 4 nitrogen and oxygen atoms in total. The van der Waals surface area contributed by atoms with Gasteiger partial charge >= 0.3 is 0 Å². The van der Waals surface area contributed by atoms with Crippen LogP contribution in [-0.2, 0) is 6.54 Å². The maximum atomic E-state index is 4.30. The van der Waals surface area contributed by atoms with Gasteiger partial charge in [0.1, 0.15) is 5.03 Å². The molecule has 0 saturated heterocycles. The molecule has 0 unspecified atom stereocenters. The van der Waals surface area contributed by atoms with Gasteiger partial charge < -0.3 is 5.32 Å². The second kappa shape index (κ2) is 6.32. The second-order valence-corrected chi connectivity index (χ2v) is 4.41. The summed E-state index contributed by atoms with van der Waals surface area (Å²) in [6, 6.07) is 5.79. The minimum Gasteiger partial charge on any atom is -0.313 e. The highest BCUT2D eigenvalue weighted by Gasteiger charge is 2.01. The summed E-state index contributed by atoms with van der Waals surface area (Å²) in [5, 5.41) is 4.87. The van der Waals surface area contributed by atoms with Crippen molar-refractivity contribution in [3.05, 3.63) is 42.4 Å². The van der Waals surface area contributed by atoms with Gasteiger partial charge in [0, 0.05) is 30.7 Å². The number of nitrogens with zero attached hydrogens (tertiary/aromatic N) is 3. The average Bonchev–Trinajstić information content (AvgIpc) is 2.39. The highest BCUT2D eigenvalue weighted by molar-refractivity contribution is 7.99. The van der Waals surface area contributed by atoms with Crippen molar-refractivity contribution in [1.29, 1.82) is 0 Å². The molecule has 1 N–H and O–H groups in total. The van der Waals surface area contributed by atoms with Crippen LogP contribution < -0.4 is 5.32 Å². The van der Waals surface area contributed by atoms with Gasteiger partial charge in [0.15, 0.2) is 5.16 Å². The maximum absolute atomic E-state index is 4.30. The summed E-state index contributed by atoms with van der Waals surface area (Å²) >= 11 is 1.47. The number of rotatable bonds is 5. The fourth-order valence-corrected chi connectivity index (χ4v) is 1.92. The first-order valence-electron chi connectivity index (χ1n) is 5.49. The largest absolute Gasteiger partial charge is 0.313 e. The Morgan fingerprint density at radius 2 is 2.00 bits per heavy atom. The van der Waals surface area contributed by atoms with E-state index in [2.05, 4.69) is 27.2 Å². The molecule has 2 aromatic heterocycles. The molecule has 0 aliphatic heterocycles. The van der Waals surface area contributed by atoms with Crippen LogP contribution in [0.25, 0.3) is 0 Å². The van der Waals surface area contributed by atoms with Crippen molar-refractivity contribution < 1.29 is 0 Å². The zero-order valence-electron chi connectivity index (χ0n) is 9.63. The maximum Gasteiger partial charge on any atom is 0.193 e. The summed E-state index contributed by atoms with van der Waals surface area (Å²) in [4.78, 5) is 12.8. The molecule has 0 radical (unpaired) electrons. The standard InChI is InChI=1S/C12H14N4S/c1-2-13-7-10-8-15-12(16-9-10)17-11-5-3-4-6-14-11/h3-6,8-9,13H,2,7H2,1H3. The third-order valence-corrected chi connectivity index (χ3v) is 2.94. The van der Waals surface area contributed by atoms with Crippen LogP contribution >= 0.6 is 11.8 Å². The number of hydrogen-bond donors (Lipinski definition) is 1. The Morgan fingerprint density at radius 1 is 1.18 bits per heavy atom. The number of hydrogen-bond acceptors (Lipinski definition) is 5. The quantitative estimate of drug-likeness (QED) is 0.819. The van der Waals surface area contributed by atoms with Gasteiger partial charge in [-0.3, -0.25) is 0 Å². The van der Waals surface area contributed by atoms with Crippen LogP contribution in [0.4, 0.5) is 0 Å². The van der Waals surface area contributed by atoms with Crippen LogP contribution in [0.5, 0.6) is 0 Å². The molecule has 17 heavy (non-hydrogen) atoms. The first-order valence-corrected chi connectivity index (χ1v) is 6.30. The van der Waals surface area contributed by atoms with E-state index in [1.165, 1.54) is 11.8 Å². The number of aromatic nitrogens is 3. The fourth-order valence-electron chi connectivity index (χ4n) is 1.26. The Hall–Kier alpha value is -1.46. The molecule has 2 aromatic rings. The Balaban J connectivity index is 1.98. The molecule has 2 rings (SSSR count). The fraction of sp³-hybridized carbons (Fsp3) is 0.250. The van der Waals surface area contributed by atoms with E-state index in [0.29, 0.717) is 0 Å². The van der Waals surface area contributed by atoms with Crippen molar-refractivity contribution in [3.63, 3.8) is 0 Å². The monoisotopic (exact) mass is 246 g/mol. The molecule has 0 atom stereocenters. The first kappa shape index (κ1) is 12.0. The number of nitrogens with one attached hydrogen (secondary N) is 1. The van der Waals surface area contributed by atoms with Gasteiger partial charge in [-0.15, -0.1) is 0 Å². The molecule has 0 fully saturated rings. The third kappa shape index (κ3) is 3.80. The lowest BCUT2D eigenvalue weighted by atomic mass is 10.3. The van der Waals surface area contributed by atoms with Crippen molar-refractivity contribution in [1.82, 2.24) is 20.3 Å². The normalized spacial score (nSPS) is 10.4. The zero-order chi connectivity index (χ0) is 11.9. The minimum atomic E-state index is 0.726. The molecular weight excluding hydrogens is 232 g/mol.